The van der Waals surface area contributed by atoms with E-state index in [1.807, 2.05) is 25.7 Å². The Labute approximate surface area is 110 Å². The summed E-state index contributed by atoms with van der Waals surface area (Å²) in [4.78, 5) is 14.3. The molecule has 0 aromatic rings. The van der Waals surface area contributed by atoms with Gasteiger partial charge in [0.05, 0.1) is 25.7 Å². The standard InChI is InChI=1S/C13H26N2O3/c1-4-14-12-10-18-9-11(12)13(16)15(5-2)7-8-17-6-3/h11-12,14H,4-10H2,1-3H3. The number of nitrogens with one attached hydrogen (secondary N) is 1. The summed E-state index contributed by atoms with van der Waals surface area (Å²) in [6, 6.07) is 0.156. The SMILES string of the molecule is CCNC1COCC1C(=O)N(CC)CCOCC. The van der Waals surface area contributed by atoms with Crippen molar-refractivity contribution < 1.29 is 14.3 Å². The molecule has 1 amide bonds. The Balaban J connectivity index is 2.48. The summed E-state index contributed by atoms with van der Waals surface area (Å²) in [5.74, 6) is 0.132. The zero-order valence-corrected chi connectivity index (χ0v) is 11.8. The van der Waals surface area contributed by atoms with E-state index in [1.165, 1.54) is 0 Å². The summed E-state index contributed by atoms with van der Waals surface area (Å²) in [5.41, 5.74) is 0. The van der Waals surface area contributed by atoms with Crippen molar-refractivity contribution in [1.82, 2.24) is 10.2 Å². The number of hydrogen-bond acceptors (Lipinski definition) is 4. The van der Waals surface area contributed by atoms with Gasteiger partial charge in [0.2, 0.25) is 5.91 Å². The van der Waals surface area contributed by atoms with Crippen LogP contribution in [0.15, 0.2) is 0 Å². The lowest BCUT2D eigenvalue weighted by atomic mass is 10.0. The molecule has 1 N–H and O–H groups in total. The minimum atomic E-state index is -0.0495. The highest BCUT2D eigenvalue weighted by molar-refractivity contribution is 5.80. The second-order valence-corrected chi connectivity index (χ2v) is 4.42. The number of carbonyl (C=O) groups is 1. The first-order valence-electron chi connectivity index (χ1n) is 6.92. The average molecular weight is 258 g/mol. The predicted octanol–water partition coefficient (Wildman–Crippen LogP) is 0.496. The van der Waals surface area contributed by atoms with E-state index in [2.05, 4.69) is 5.32 Å². The Morgan fingerprint density at radius 1 is 1.39 bits per heavy atom. The molecule has 0 radical (unpaired) electrons. The molecule has 0 saturated carbocycles. The third-order valence-electron chi connectivity index (χ3n) is 3.27. The monoisotopic (exact) mass is 258 g/mol. The lowest BCUT2D eigenvalue weighted by molar-refractivity contribution is -0.136. The minimum Gasteiger partial charge on any atom is -0.380 e. The number of rotatable bonds is 8. The van der Waals surface area contributed by atoms with Crippen LogP contribution in [-0.2, 0) is 14.3 Å². The second kappa shape index (κ2) is 8.45. The van der Waals surface area contributed by atoms with Crippen LogP contribution in [0.25, 0.3) is 0 Å². The molecule has 1 aliphatic rings. The summed E-state index contributed by atoms with van der Waals surface area (Å²) in [7, 11) is 0. The van der Waals surface area contributed by atoms with E-state index >= 15 is 0 Å². The van der Waals surface area contributed by atoms with Gasteiger partial charge < -0.3 is 19.7 Å². The lowest BCUT2D eigenvalue weighted by Gasteiger charge is -2.26. The smallest absolute Gasteiger partial charge is 0.229 e. The molecule has 0 aromatic carbocycles. The van der Waals surface area contributed by atoms with Crippen molar-refractivity contribution in [1.29, 1.82) is 0 Å². The van der Waals surface area contributed by atoms with Gasteiger partial charge in [-0.25, -0.2) is 0 Å². The molecule has 0 aliphatic carbocycles. The van der Waals surface area contributed by atoms with Gasteiger partial charge in [0.25, 0.3) is 0 Å². The van der Waals surface area contributed by atoms with Gasteiger partial charge in [-0.05, 0) is 20.4 Å². The van der Waals surface area contributed by atoms with Crippen molar-refractivity contribution in [3.8, 4) is 0 Å². The van der Waals surface area contributed by atoms with Gasteiger partial charge in [-0.3, -0.25) is 4.79 Å². The quantitative estimate of drug-likeness (QED) is 0.644. The topological polar surface area (TPSA) is 50.8 Å². The van der Waals surface area contributed by atoms with E-state index in [1.54, 1.807) is 0 Å². The van der Waals surface area contributed by atoms with Crippen molar-refractivity contribution in [3.63, 3.8) is 0 Å². The molecular weight excluding hydrogens is 232 g/mol. The number of likely N-dealkylation sites (N-methyl/N-ethyl adjacent to an activating group) is 2. The van der Waals surface area contributed by atoms with Crippen LogP contribution in [-0.4, -0.2) is 62.9 Å². The molecule has 0 bridgehead atoms. The Hall–Kier alpha value is -0.650. The predicted molar refractivity (Wildman–Crippen MR) is 70.5 cm³/mol. The van der Waals surface area contributed by atoms with Crippen LogP contribution in [0.2, 0.25) is 0 Å². The molecule has 106 valence electrons. The van der Waals surface area contributed by atoms with Gasteiger partial charge in [-0.2, -0.15) is 0 Å². The van der Waals surface area contributed by atoms with Crippen molar-refractivity contribution in [3.05, 3.63) is 0 Å². The molecular formula is C13H26N2O3. The van der Waals surface area contributed by atoms with E-state index in [9.17, 15) is 4.79 Å². The number of ether oxygens (including phenoxy) is 2. The normalized spacial score (nSPS) is 23.3. The second-order valence-electron chi connectivity index (χ2n) is 4.42. The van der Waals surface area contributed by atoms with Crippen LogP contribution in [0, 0.1) is 5.92 Å². The maximum atomic E-state index is 12.4. The van der Waals surface area contributed by atoms with E-state index < -0.39 is 0 Å². The van der Waals surface area contributed by atoms with Crippen molar-refractivity contribution in [2.75, 3.05) is 46.1 Å². The van der Waals surface area contributed by atoms with Gasteiger partial charge >= 0.3 is 0 Å². The number of amides is 1. The molecule has 0 spiro atoms. The van der Waals surface area contributed by atoms with Gasteiger partial charge in [0.15, 0.2) is 0 Å². The molecule has 2 atom stereocenters. The summed E-state index contributed by atoms with van der Waals surface area (Å²) in [5, 5.41) is 3.32. The third-order valence-corrected chi connectivity index (χ3v) is 3.27. The van der Waals surface area contributed by atoms with E-state index in [0.29, 0.717) is 33.0 Å². The maximum Gasteiger partial charge on any atom is 0.229 e. The highest BCUT2D eigenvalue weighted by atomic mass is 16.5. The number of carbonyl (C=O) groups excluding carboxylic acids is 1. The van der Waals surface area contributed by atoms with Gasteiger partial charge in [-0.1, -0.05) is 6.92 Å². The molecule has 18 heavy (non-hydrogen) atoms. The van der Waals surface area contributed by atoms with Crippen molar-refractivity contribution >= 4 is 5.91 Å². The fourth-order valence-electron chi connectivity index (χ4n) is 2.24. The maximum absolute atomic E-state index is 12.4. The first kappa shape index (κ1) is 15.4. The molecule has 1 heterocycles. The molecule has 1 aliphatic heterocycles. The number of nitrogens with zero attached hydrogens (tertiary/aromatic N) is 1. The zero-order chi connectivity index (χ0) is 13.4. The molecule has 1 fully saturated rings. The zero-order valence-electron chi connectivity index (χ0n) is 11.8. The molecule has 5 nitrogen and oxygen atoms in total. The Bertz CT molecular complexity index is 248. The van der Waals surface area contributed by atoms with E-state index in [4.69, 9.17) is 9.47 Å². The minimum absolute atomic E-state index is 0.0495. The molecule has 0 aromatic heterocycles. The Kier molecular flexibility index (Phi) is 7.23. The van der Waals surface area contributed by atoms with Crippen LogP contribution >= 0.6 is 0 Å². The fourth-order valence-corrected chi connectivity index (χ4v) is 2.24. The molecule has 1 rings (SSSR count). The van der Waals surface area contributed by atoms with Crippen molar-refractivity contribution in [2.24, 2.45) is 5.92 Å². The fraction of sp³-hybridized carbons (Fsp3) is 0.923. The van der Waals surface area contributed by atoms with Crippen LogP contribution in [0.1, 0.15) is 20.8 Å². The summed E-state index contributed by atoms with van der Waals surface area (Å²) < 4.78 is 10.7. The van der Waals surface area contributed by atoms with Gasteiger partial charge in [0.1, 0.15) is 0 Å². The summed E-state index contributed by atoms with van der Waals surface area (Å²) >= 11 is 0. The Morgan fingerprint density at radius 2 is 2.17 bits per heavy atom. The molecule has 2 unspecified atom stereocenters. The van der Waals surface area contributed by atoms with Crippen LogP contribution < -0.4 is 5.32 Å². The first-order valence-corrected chi connectivity index (χ1v) is 6.92. The van der Waals surface area contributed by atoms with Crippen molar-refractivity contribution in [2.45, 2.75) is 26.8 Å². The average Bonchev–Trinajstić information content (AvgIpc) is 2.83. The number of hydrogen-bond donors (Lipinski definition) is 1. The lowest BCUT2D eigenvalue weighted by Crippen LogP contribution is -2.46. The molecule has 1 saturated heterocycles. The first-order chi connectivity index (χ1) is 8.74. The van der Waals surface area contributed by atoms with Gasteiger partial charge in [0, 0.05) is 25.7 Å². The Morgan fingerprint density at radius 3 is 2.78 bits per heavy atom. The summed E-state index contributed by atoms with van der Waals surface area (Å²) in [6.07, 6.45) is 0. The highest BCUT2D eigenvalue weighted by Crippen LogP contribution is 2.16. The van der Waals surface area contributed by atoms with E-state index in [0.717, 1.165) is 13.1 Å². The highest BCUT2D eigenvalue weighted by Gasteiger charge is 2.35. The van der Waals surface area contributed by atoms with Crippen LogP contribution in [0.5, 0.6) is 0 Å². The van der Waals surface area contributed by atoms with Crippen LogP contribution in [0.3, 0.4) is 0 Å². The van der Waals surface area contributed by atoms with Crippen LogP contribution in [0.4, 0.5) is 0 Å². The third kappa shape index (κ3) is 4.23. The van der Waals surface area contributed by atoms with Gasteiger partial charge in [-0.15, -0.1) is 0 Å². The molecule has 5 heteroatoms. The van der Waals surface area contributed by atoms with E-state index in [-0.39, 0.29) is 17.9 Å². The largest absolute Gasteiger partial charge is 0.380 e. The summed E-state index contributed by atoms with van der Waals surface area (Å²) in [6.45, 7) is 10.7.